The Balaban J connectivity index is 1.72. The first-order valence-corrected chi connectivity index (χ1v) is 10.5. The summed E-state index contributed by atoms with van der Waals surface area (Å²) in [6.07, 6.45) is 0. The number of ketones is 1. The Morgan fingerprint density at radius 1 is 0.852 bits per heavy atom. The van der Waals surface area contributed by atoms with Gasteiger partial charge in [-0.25, -0.2) is 0 Å². The van der Waals surface area contributed by atoms with Crippen molar-refractivity contribution < 1.29 is 14.3 Å². The van der Waals surface area contributed by atoms with Crippen molar-refractivity contribution in [2.24, 2.45) is 0 Å². The number of morpholine rings is 2. The Kier molecular flexibility index (Phi) is 6.32. The molecular formula is C21H26N2O3S. The number of nitrogens with zero attached hydrogens (tertiary/aromatic N) is 2. The summed E-state index contributed by atoms with van der Waals surface area (Å²) in [5, 5.41) is 2.10. The van der Waals surface area contributed by atoms with Crippen molar-refractivity contribution in [3.8, 4) is 0 Å². The van der Waals surface area contributed by atoms with Crippen LogP contribution >= 0.6 is 11.3 Å². The predicted molar refractivity (Wildman–Crippen MR) is 106 cm³/mol. The fraction of sp³-hybridized carbons (Fsp3) is 0.476. The summed E-state index contributed by atoms with van der Waals surface area (Å²) >= 11 is 1.74. The van der Waals surface area contributed by atoms with Crippen LogP contribution in [0.4, 0.5) is 0 Å². The zero-order chi connectivity index (χ0) is 18.5. The van der Waals surface area contributed by atoms with Crippen molar-refractivity contribution in [2.45, 2.75) is 12.1 Å². The summed E-state index contributed by atoms with van der Waals surface area (Å²) in [7, 11) is 0. The number of thiophene rings is 1. The summed E-state index contributed by atoms with van der Waals surface area (Å²) in [4.78, 5) is 19.7. The van der Waals surface area contributed by atoms with Gasteiger partial charge in [-0.05, 0) is 11.4 Å². The SMILES string of the molecule is O=C(c1ccccc1)[C@@H]([C@@H](c1cccs1)N1CCOCC1)N1CCOCC1. The highest BCUT2D eigenvalue weighted by Crippen LogP contribution is 2.34. The van der Waals surface area contributed by atoms with Crippen molar-refractivity contribution in [1.29, 1.82) is 0 Å². The molecule has 0 radical (unpaired) electrons. The van der Waals surface area contributed by atoms with Crippen LogP contribution < -0.4 is 0 Å². The third kappa shape index (κ3) is 4.31. The fourth-order valence-corrected chi connectivity index (χ4v) is 4.88. The van der Waals surface area contributed by atoms with Crippen LogP contribution in [0.25, 0.3) is 0 Å². The summed E-state index contributed by atoms with van der Waals surface area (Å²) in [5.41, 5.74) is 0.781. The molecule has 2 aliphatic heterocycles. The third-order valence-electron chi connectivity index (χ3n) is 5.34. The van der Waals surface area contributed by atoms with Crippen LogP contribution in [0.15, 0.2) is 47.8 Å². The van der Waals surface area contributed by atoms with E-state index in [9.17, 15) is 4.79 Å². The number of Topliss-reactive ketones (excluding diaryl/α,β-unsaturated/α-hetero) is 1. The third-order valence-corrected chi connectivity index (χ3v) is 6.28. The maximum absolute atomic E-state index is 13.7. The van der Waals surface area contributed by atoms with Crippen LogP contribution in [-0.2, 0) is 9.47 Å². The number of ether oxygens (including phenoxy) is 2. The number of rotatable bonds is 6. The molecular weight excluding hydrogens is 360 g/mol. The monoisotopic (exact) mass is 386 g/mol. The lowest BCUT2D eigenvalue weighted by atomic mass is 9.93. The van der Waals surface area contributed by atoms with E-state index in [1.807, 2.05) is 30.3 Å². The topological polar surface area (TPSA) is 42.0 Å². The molecule has 0 bridgehead atoms. The van der Waals surface area contributed by atoms with Crippen molar-refractivity contribution >= 4 is 17.1 Å². The molecule has 2 aromatic rings. The minimum Gasteiger partial charge on any atom is -0.379 e. The minimum atomic E-state index is -0.215. The van der Waals surface area contributed by atoms with E-state index >= 15 is 0 Å². The molecule has 2 atom stereocenters. The van der Waals surface area contributed by atoms with Crippen LogP contribution in [0.5, 0.6) is 0 Å². The van der Waals surface area contributed by atoms with Gasteiger partial charge in [0.1, 0.15) is 0 Å². The quantitative estimate of drug-likeness (QED) is 0.714. The van der Waals surface area contributed by atoms with Gasteiger partial charge in [0, 0.05) is 36.6 Å². The molecule has 0 saturated carbocycles. The first-order valence-electron chi connectivity index (χ1n) is 9.61. The van der Waals surface area contributed by atoms with Crippen molar-refractivity contribution in [1.82, 2.24) is 9.80 Å². The first kappa shape index (κ1) is 18.8. The van der Waals surface area contributed by atoms with Crippen LogP contribution in [-0.4, -0.2) is 74.2 Å². The molecule has 1 aromatic heterocycles. The van der Waals surface area contributed by atoms with Crippen molar-refractivity contribution in [3.63, 3.8) is 0 Å². The molecule has 27 heavy (non-hydrogen) atoms. The van der Waals surface area contributed by atoms with Gasteiger partial charge in [-0.15, -0.1) is 11.3 Å². The molecule has 1 aromatic carbocycles. The average Bonchev–Trinajstić information content (AvgIpc) is 3.28. The van der Waals surface area contributed by atoms with E-state index in [2.05, 4.69) is 27.3 Å². The van der Waals surface area contributed by atoms with Gasteiger partial charge in [0.25, 0.3) is 0 Å². The molecule has 2 aliphatic rings. The molecule has 0 aliphatic carbocycles. The normalized spacial score (nSPS) is 21.6. The number of carbonyl (C=O) groups is 1. The van der Waals surface area contributed by atoms with Gasteiger partial charge in [0.05, 0.1) is 38.5 Å². The molecule has 0 amide bonds. The van der Waals surface area contributed by atoms with Crippen LogP contribution in [0, 0.1) is 0 Å². The molecule has 4 rings (SSSR count). The Labute approximate surface area is 164 Å². The van der Waals surface area contributed by atoms with Crippen molar-refractivity contribution in [2.75, 3.05) is 52.6 Å². The molecule has 0 unspecified atom stereocenters. The summed E-state index contributed by atoms with van der Waals surface area (Å²) < 4.78 is 11.1. The average molecular weight is 387 g/mol. The molecule has 144 valence electrons. The smallest absolute Gasteiger partial charge is 0.181 e. The number of hydrogen-bond donors (Lipinski definition) is 0. The van der Waals surface area contributed by atoms with E-state index in [0.717, 1.165) is 45.0 Å². The Bertz CT molecular complexity index is 710. The minimum absolute atomic E-state index is 0.0414. The number of carbonyl (C=O) groups excluding carboxylic acids is 1. The molecule has 0 N–H and O–H groups in total. The zero-order valence-electron chi connectivity index (χ0n) is 15.5. The lowest BCUT2D eigenvalue weighted by Gasteiger charge is -2.43. The summed E-state index contributed by atoms with van der Waals surface area (Å²) in [6, 6.07) is 13.8. The molecule has 3 heterocycles. The molecule has 0 spiro atoms. The van der Waals surface area contributed by atoms with Gasteiger partial charge in [0.15, 0.2) is 5.78 Å². The molecule has 5 nitrogen and oxygen atoms in total. The fourth-order valence-electron chi connectivity index (χ4n) is 3.99. The van der Waals surface area contributed by atoms with Gasteiger partial charge in [-0.2, -0.15) is 0 Å². The van der Waals surface area contributed by atoms with Crippen LogP contribution in [0.3, 0.4) is 0 Å². The second kappa shape index (κ2) is 9.08. The maximum Gasteiger partial charge on any atom is 0.181 e. The van der Waals surface area contributed by atoms with E-state index in [4.69, 9.17) is 9.47 Å². The van der Waals surface area contributed by atoms with E-state index in [1.54, 1.807) is 11.3 Å². The summed E-state index contributed by atoms with van der Waals surface area (Å²) in [5.74, 6) is 0.197. The van der Waals surface area contributed by atoms with Crippen molar-refractivity contribution in [3.05, 3.63) is 58.3 Å². The largest absolute Gasteiger partial charge is 0.379 e. The van der Waals surface area contributed by atoms with Gasteiger partial charge < -0.3 is 9.47 Å². The maximum atomic E-state index is 13.7. The number of benzene rings is 1. The molecule has 2 saturated heterocycles. The highest BCUT2D eigenvalue weighted by Gasteiger charge is 2.40. The highest BCUT2D eigenvalue weighted by atomic mass is 32.1. The van der Waals surface area contributed by atoms with Crippen LogP contribution in [0.2, 0.25) is 0 Å². The van der Waals surface area contributed by atoms with E-state index < -0.39 is 0 Å². The predicted octanol–water partition coefficient (Wildman–Crippen LogP) is 2.71. The first-order chi connectivity index (χ1) is 13.3. The van der Waals surface area contributed by atoms with Gasteiger partial charge in [-0.3, -0.25) is 14.6 Å². The van der Waals surface area contributed by atoms with Gasteiger partial charge >= 0.3 is 0 Å². The van der Waals surface area contributed by atoms with Gasteiger partial charge in [-0.1, -0.05) is 36.4 Å². The Morgan fingerprint density at radius 2 is 1.48 bits per heavy atom. The van der Waals surface area contributed by atoms with E-state index in [0.29, 0.717) is 13.2 Å². The second-order valence-corrected chi connectivity index (χ2v) is 7.91. The molecule has 2 fully saturated rings. The van der Waals surface area contributed by atoms with E-state index in [-0.39, 0.29) is 17.9 Å². The Hall–Kier alpha value is -1.57. The standard InChI is InChI=1S/C21H26N2O3S/c24-21(17-5-2-1-3-6-17)20(23-10-14-26-15-11-23)19(18-7-4-16-27-18)22-8-12-25-13-9-22/h1-7,16,19-20H,8-15H2/t19-,20-/m1/s1. The molecule has 6 heteroatoms. The van der Waals surface area contributed by atoms with Gasteiger partial charge in [0.2, 0.25) is 0 Å². The van der Waals surface area contributed by atoms with Crippen LogP contribution in [0.1, 0.15) is 21.3 Å². The lowest BCUT2D eigenvalue weighted by Crippen LogP contribution is -2.55. The highest BCUT2D eigenvalue weighted by molar-refractivity contribution is 7.10. The Morgan fingerprint density at radius 3 is 2.07 bits per heavy atom. The zero-order valence-corrected chi connectivity index (χ0v) is 16.3. The van der Waals surface area contributed by atoms with E-state index in [1.165, 1.54) is 4.88 Å². The lowest BCUT2D eigenvalue weighted by molar-refractivity contribution is -0.0294. The second-order valence-electron chi connectivity index (χ2n) is 6.93. The summed E-state index contributed by atoms with van der Waals surface area (Å²) in [6.45, 7) is 6.08. The number of hydrogen-bond acceptors (Lipinski definition) is 6.